The van der Waals surface area contributed by atoms with Crippen molar-refractivity contribution in [3.05, 3.63) is 23.4 Å². The molecule has 4 heteroatoms. The van der Waals surface area contributed by atoms with Gasteiger partial charge in [-0.2, -0.15) is 0 Å². The van der Waals surface area contributed by atoms with Gasteiger partial charge in [0.1, 0.15) is 11.0 Å². The van der Waals surface area contributed by atoms with Gasteiger partial charge in [-0.05, 0) is 37.4 Å². The van der Waals surface area contributed by atoms with E-state index in [4.69, 9.17) is 17.3 Å². The van der Waals surface area contributed by atoms with E-state index in [1.807, 2.05) is 12.1 Å². The van der Waals surface area contributed by atoms with Crippen LogP contribution in [-0.4, -0.2) is 17.6 Å². The molecule has 2 atom stereocenters. The molecular formula is C11H16ClN3. The maximum Gasteiger partial charge on any atom is 0.131 e. The van der Waals surface area contributed by atoms with E-state index in [1.165, 1.54) is 19.3 Å². The van der Waals surface area contributed by atoms with Gasteiger partial charge in [0.15, 0.2) is 0 Å². The lowest BCUT2D eigenvalue weighted by molar-refractivity contribution is 0.515. The van der Waals surface area contributed by atoms with Crippen molar-refractivity contribution in [1.82, 2.24) is 4.98 Å². The van der Waals surface area contributed by atoms with Crippen molar-refractivity contribution < 1.29 is 0 Å². The average molecular weight is 226 g/mol. The van der Waals surface area contributed by atoms with Crippen LogP contribution >= 0.6 is 11.6 Å². The third kappa shape index (κ3) is 2.61. The van der Waals surface area contributed by atoms with Crippen LogP contribution in [0.15, 0.2) is 18.2 Å². The number of rotatable bonds is 3. The third-order valence-corrected chi connectivity index (χ3v) is 3.22. The normalized spacial score (nSPS) is 25.5. The SMILES string of the molecule is NCC1CCCC1Nc1cccc(Cl)n1. The molecule has 82 valence electrons. The summed E-state index contributed by atoms with van der Waals surface area (Å²) in [5.41, 5.74) is 5.72. The lowest BCUT2D eigenvalue weighted by atomic mass is 10.0. The number of nitrogens with zero attached hydrogens (tertiary/aromatic N) is 1. The minimum atomic E-state index is 0.459. The number of hydrogen-bond acceptors (Lipinski definition) is 3. The minimum Gasteiger partial charge on any atom is -0.367 e. The maximum absolute atomic E-state index is 5.82. The Bertz CT molecular complexity index is 329. The average Bonchev–Trinajstić information content (AvgIpc) is 2.65. The van der Waals surface area contributed by atoms with E-state index in [9.17, 15) is 0 Å². The van der Waals surface area contributed by atoms with Gasteiger partial charge in [-0.1, -0.05) is 24.1 Å². The summed E-state index contributed by atoms with van der Waals surface area (Å²) in [5, 5.41) is 3.94. The molecule has 1 saturated carbocycles. The highest BCUT2D eigenvalue weighted by atomic mass is 35.5. The molecule has 1 heterocycles. The van der Waals surface area contributed by atoms with Crippen LogP contribution in [0, 0.1) is 5.92 Å². The van der Waals surface area contributed by atoms with Crippen molar-refractivity contribution in [3.8, 4) is 0 Å². The highest BCUT2D eigenvalue weighted by Crippen LogP contribution is 2.27. The second kappa shape index (κ2) is 4.81. The Morgan fingerprint density at radius 3 is 3.07 bits per heavy atom. The number of pyridine rings is 1. The molecular weight excluding hydrogens is 210 g/mol. The zero-order valence-corrected chi connectivity index (χ0v) is 9.37. The molecule has 1 aromatic rings. The number of nitrogens with two attached hydrogens (primary N) is 1. The summed E-state index contributed by atoms with van der Waals surface area (Å²) in [6.45, 7) is 0.748. The molecule has 3 nitrogen and oxygen atoms in total. The van der Waals surface area contributed by atoms with Crippen LogP contribution in [-0.2, 0) is 0 Å². The Labute approximate surface area is 95.0 Å². The highest BCUT2D eigenvalue weighted by molar-refractivity contribution is 6.29. The van der Waals surface area contributed by atoms with Crippen molar-refractivity contribution in [1.29, 1.82) is 0 Å². The van der Waals surface area contributed by atoms with Gasteiger partial charge in [-0.3, -0.25) is 0 Å². The van der Waals surface area contributed by atoms with E-state index in [0.717, 1.165) is 12.4 Å². The topological polar surface area (TPSA) is 50.9 Å². The van der Waals surface area contributed by atoms with Crippen LogP contribution in [0.3, 0.4) is 0 Å². The molecule has 0 bridgehead atoms. The highest BCUT2D eigenvalue weighted by Gasteiger charge is 2.25. The summed E-state index contributed by atoms with van der Waals surface area (Å²) in [6.07, 6.45) is 3.64. The van der Waals surface area contributed by atoms with Crippen molar-refractivity contribution >= 4 is 17.4 Å². The molecule has 2 rings (SSSR count). The summed E-state index contributed by atoms with van der Waals surface area (Å²) in [7, 11) is 0. The molecule has 1 aliphatic rings. The van der Waals surface area contributed by atoms with Crippen molar-refractivity contribution in [2.24, 2.45) is 11.7 Å². The van der Waals surface area contributed by atoms with Gasteiger partial charge in [0.25, 0.3) is 0 Å². The second-order valence-electron chi connectivity index (χ2n) is 4.02. The first kappa shape index (κ1) is 10.7. The number of nitrogens with one attached hydrogen (secondary N) is 1. The molecule has 1 aliphatic carbocycles. The van der Waals surface area contributed by atoms with Crippen LogP contribution in [0.25, 0.3) is 0 Å². The molecule has 3 N–H and O–H groups in total. The number of halogens is 1. The lowest BCUT2D eigenvalue weighted by Crippen LogP contribution is -2.29. The summed E-state index contributed by atoms with van der Waals surface area (Å²) in [5.74, 6) is 1.43. The molecule has 2 unspecified atom stereocenters. The lowest BCUT2D eigenvalue weighted by Gasteiger charge is -2.19. The van der Waals surface area contributed by atoms with Crippen LogP contribution in [0.4, 0.5) is 5.82 Å². The second-order valence-corrected chi connectivity index (χ2v) is 4.41. The first-order valence-corrected chi connectivity index (χ1v) is 5.76. The van der Waals surface area contributed by atoms with Gasteiger partial charge in [0, 0.05) is 6.04 Å². The molecule has 0 saturated heterocycles. The quantitative estimate of drug-likeness (QED) is 0.776. The molecule has 0 aromatic carbocycles. The Hall–Kier alpha value is -0.800. The Kier molecular flexibility index (Phi) is 3.44. The first-order valence-electron chi connectivity index (χ1n) is 5.39. The number of hydrogen-bond donors (Lipinski definition) is 2. The molecule has 0 amide bonds. The van der Waals surface area contributed by atoms with E-state index in [0.29, 0.717) is 17.1 Å². The van der Waals surface area contributed by atoms with Gasteiger partial charge >= 0.3 is 0 Å². The minimum absolute atomic E-state index is 0.459. The predicted octanol–water partition coefficient (Wildman–Crippen LogP) is 2.27. The van der Waals surface area contributed by atoms with E-state index in [2.05, 4.69) is 10.3 Å². The summed E-state index contributed by atoms with van der Waals surface area (Å²) in [6, 6.07) is 6.09. The summed E-state index contributed by atoms with van der Waals surface area (Å²) < 4.78 is 0. The fourth-order valence-electron chi connectivity index (χ4n) is 2.19. The predicted molar refractivity (Wildman–Crippen MR) is 63.1 cm³/mol. The fraction of sp³-hybridized carbons (Fsp3) is 0.545. The Morgan fingerprint density at radius 1 is 1.47 bits per heavy atom. The standard InChI is InChI=1S/C11H16ClN3/c12-10-5-2-6-11(15-10)14-9-4-1-3-8(9)7-13/h2,5-6,8-9H,1,3-4,7,13H2,(H,14,15). The number of anilines is 1. The third-order valence-electron chi connectivity index (χ3n) is 3.01. The smallest absolute Gasteiger partial charge is 0.131 e. The van der Waals surface area contributed by atoms with Crippen LogP contribution < -0.4 is 11.1 Å². The van der Waals surface area contributed by atoms with Crippen LogP contribution in [0.2, 0.25) is 5.15 Å². The van der Waals surface area contributed by atoms with E-state index >= 15 is 0 Å². The Balaban J connectivity index is 2.02. The molecule has 0 spiro atoms. The van der Waals surface area contributed by atoms with Gasteiger partial charge in [-0.15, -0.1) is 0 Å². The van der Waals surface area contributed by atoms with E-state index in [-0.39, 0.29) is 0 Å². The molecule has 0 radical (unpaired) electrons. The summed E-state index contributed by atoms with van der Waals surface area (Å²) in [4.78, 5) is 4.22. The van der Waals surface area contributed by atoms with Crippen LogP contribution in [0.5, 0.6) is 0 Å². The summed E-state index contributed by atoms with van der Waals surface area (Å²) >= 11 is 5.82. The maximum atomic E-state index is 5.82. The van der Waals surface area contributed by atoms with Gasteiger partial charge < -0.3 is 11.1 Å². The first-order chi connectivity index (χ1) is 7.29. The van der Waals surface area contributed by atoms with Crippen LogP contribution in [0.1, 0.15) is 19.3 Å². The van der Waals surface area contributed by atoms with E-state index < -0.39 is 0 Å². The van der Waals surface area contributed by atoms with Crippen molar-refractivity contribution in [2.75, 3.05) is 11.9 Å². The van der Waals surface area contributed by atoms with Gasteiger partial charge in [0.05, 0.1) is 0 Å². The zero-order valence-electron chi connectivity index (χ0n) is 8.62. The zero-order chi connectivity index (χ0) is 10.7. The van der Waals surface area contributed by atoms with Gasteiger partial charge in [0.2, 0.25) is 0 Å². The fourth-order valence-corrected chi connectivity index (χ4v) is 2.35. The van der Waals surface area contributed by atoms with Gasteiger partial charge in [-0.25, -0.2) is 4.98 Å². The molecule has 1 aromatic heterocycles. The van der Waals surface area contributed by atoms with E-state index in [1.54, 1.807) is 6.07 Å². The van der Waals surface area contributed by atoms with Crippen molar-refractivity contribution in [3.63, 3.8) is 0 Å². The number of aromatic nitrogens is 1. The molecule has 1 fully saturated rings. The van der Waals surface area contributed by atoms with Crippen molar-refractivity contribution in [2.45, 2.75) is 25.3 Å². The largest absolute Gasteiger partial charge is 0.367 e. The monoisotopic (exact) mass is 225 g/mol. The molecule has 0 aliphatic heterocycles. The Morgan fingerprint density at radius 2 is 2.33 bits per heavy atom. The molecule has 15 heavy (non-hydrogen) atoms.